The largest absolute Gasteiger partial charge is 0.110 e. The van der Waals surface area contributed by atoms with E-state index in [4.69, 9.17) is 11.6 Å². The first-order valence-electron chi connectivity index (χ1n) is 4.55. The standard InChI is InChI=1S/C11H17BCl/c1-9(5-6-11(3)13)10(2)7-8-12-4/h5-7,9H,3,8H2,1-2,4H3/b6-5-,10-7+. The zero-order valence-electron chi connectivity index (χ0n) is 8.68. The Balaban J connectivity index is 4.09. The fourth-order valence-electron chi connectivity index (χ4n) is 0.890. The van der Waals surface area contributed by atoms with Gasteiger partial charge in [-0.3, -0.25) is 0 Å². The Kier molecular flexibility index (Phi) is 6.79. The Hall–Kier alpha value is -0.425. The van der Waals surface area contributed by atoms with Crippen LogP contribution >= 0.6 is 11.6 Å². The van der Waals surface area contributed by atoms with E-state index in [1.54, 1.807) is 0 Å². The van der Waals surface area contributed by atoms with Crippen LogP contribution in [0.15, 0.2) is 35.4 Å². The minimum atomic E-state index is 0.440. The number of allylic oxidation sites excluding steroid dienone is 5. The van der Waals surface area contributed by atoms with E-state index in [0.717, 1.165) is 6.32 Å². The zero-order valence-corrected chi connectivity index (χ0v) is 9.43. The highest BCUT2D eigenvalue weighted by atomic mass is 35.5. The van der Waals surface area contributed by atoms with Crippen LogP contribution < -0.4 is 0 Å². The SMILES string of the molecule is C=C(Cl)/C=C\C(C)/C(C)=C/C[B]C. The van der Waals surface area contributed by atoms with E-state index in [2.05, 4.69) is 46.7 Å². The van der Waals surface area contributed by atoms with Crippen LogP contribution in [-0.2, 0) is 0 Å². The average Bonchev–Trinajstić information content (AvgIpc) is 2.10. The third kappa shape index (κ3) is 6.71. The summed E-state index contributed by atoms with van der Waals surface area (Å²) in [5.41, 5.74) is 1.37. The molecular formula is C11H17BCl. The van der Waals surface area contributed by atoms with E-state index in [1.165, 1.54) is 5.57 Å². The van der Waals surface area contributed by atoms with Gasteiger partial charge < -0.3 is 0 Å². The topological polar surface area (TPSA) is 0 Å². The summed E-state index contributed by atoms with van der Waals surface area (Å²) < 4.78 is 0. The summed E-state index contributed by atoms with van der Waals surface area (Å²) in [6.07, 6.45) is 7.17. The Morgan fingerprint density at radius 2 is 2.23 bits per heavy atom. The second-order valence-electron chi connectivity index (χ2n) is 3.19. The molecule has 71 valence electrons. The van der Waals surface area contributed by atoms with Crippen molar-refractivity contribution in [3.8, 4) is 0 Å². The maximum Gasteiger partial charge on any atom is 0.110 e. The minimum Gasteiger partial charge on any atom is -0.0929 e. The summed E-state index contributed by atoms with van der Waals surface area (Å²) in [6.45, 7) is 9.95. The molecule has 0 aliphatic rings. The van der Waals surface area contributed by atoms with Gasteiger partial charge in [0.25, 0.3) is 0 Å². The van der Waals surface area contributed by atoms with Crippen LogP contribution in [0.25, 0.3) is 0 Å². The molecule has 1 radical (unpaired) electrons. The van der Waals surface area contributed by atoms with Crippen molar-refractivity contribution >= 4 is 18.9 Å². The molecule has 0 aliphatic heterocycles. The molecule has 0 saturated carbocycles. The first-order chi connectivity index (χ1) is 6.07. The van der Waals surface area contributed by atoms with E-state index in [0.29, 0.717) is 11.0 Å². The Morgan fingerprint density at radius 1 is 1.62 bits per heavy atom. The van der Waals surface area contributed by atoms with Crippen LogP contribution in [0, 0.1) is 5.92 Å². The van der Waals surface area contributed by atoms with Gasteiger partial charge in [-0.15, -0.1) is 0 Å². The summed E-state index contributed by atoms with van der Waals surface area (Å²) >= 11 is 5.62. The Labute approximate surface area is 87.6 Å². The number of hydrogen-bond donors (Lipinski definition) is 0. The molecule has 0 heterocycles. The highest BCUT2D eigenvalue weighted by Gasteiger charge is 1.98. The second-order valence-corrected chi connectivity index (χ2v) is 3.67. The van der Waals surface area contributed by atoms with Crippen molar-refractivity contribution in [3.63, 3.8) is 0 Å². The lowest BCUT2D eigenvalue weighted by Crippen LogP contribution is -1.92. The van der Waals surface area contributed by atoms with Crippen molar-refractivity contribution in [2.45, 2.75) is 27.0 Å². The van der Waals surface area contributed by atoms with Crippen molar-refractivity contribution < 1.29 is 0 Å². The highest BCUT2D eigenvalue weighted by Crippen LogP contribution is 2.13. The van der Waals surface area contributed by atoms with Crippen molar-refractivity contribution in [2.24, 2.45) is 5.92 Å². The molecule has 0 bridgehead atoms. The van der Waals surface area contributed by atoms with Crippen LogP contribution in [0.4, 0.5) is 0 Å². The van der Waals surface area contributed by atoms with Gasteiger partial charge in [-0.05, 0) is 18.9 Å². The number of halogens is 1. The van der Waals surface area contributed by atoms with Gasteiger partial charge in [0.05, 0.1) is 0 Å². The normalized spacial score (nSPS) is 14.6. The predicted molar refractivity (Wildman–Crippen MR) is 63.5 cm³/mol. The quantitative estimate of drug-likeness (QED) is 0.353. The van der Waals surface area contributed by atoms with Crippen LogP contribution in [0.3, 0.4) is 0 Å². The van der Waals surface area contributed by atoms with Gasteiger partial charge in [0.2, 0.25) is 0 Å². The maximum atomic E-state index is 5.62. The molecule has 0 nitrogen and oxygen atoms in total. The van der Waals surface area contributed by atoms with Crippen molar-refractivity contribution in [3.05, 3.63) is 35.4 Å². The molecular weight excluding hydrogens is 178 g/mol. The lowest BCUT2D eigenvalue weighted by Gasteiger charge is -2.06. The molecule has 0 spiro atoms. The maximum absolute atomic E-state index is 5.62. The van der Waals surface area contributed by atoms with Crippen LogP contribution in [0.1, 0.15) is 13.8 Å². The monoisotopic (exact) mass is 195 g/mol. The third-order valence-electron chi connectivity index (χ3n) is 1.96. The molecule has 0 N–H and O–H groups in total. The summed E-state index contributed by atoms with van der Waals surface area (Å²) in [7, 11) is 2.14. The summed E-state index contributed by atoms with van der Waals surface area (Å²) in [5, 5.41) is 0.585. The van der Waals surface area contributed by atoms with Crippen LogP contribution in [-0.4, -0.2) is 7.28 Å². The fourth-order valence-corrected chi connectivity index (χ4v) is 0.963. The van der Waals surface area contributed by atoms with Gasteiger partial charge in [-0.2, -0.15) is 0 Å². The molecule has 1 unspecified atom stereocenters. The molecule has 1 atom stereocenters. The summed E-state index contributed by atoms with van der Waals surface area (Å²) in [4.78, 5) is 0. The van der Waals surface area contributed by atoms with Gasteiger partial charge >= 0.3 is 0 Å². The summed E-state index contributed by atoms with van der Waals surface area (Å²) in [5.74, 6) is 0.440. The van der Waals surface area contributed by atoms with E-state index in [-0.39, 0.29) is 0 Å². The highest BCUT2D eigenvalue weighted by molar-refractivity contribution is 6.34. The molecule has 0 fully saturated rings. The molecule has 0 saturated heterocycles. The summed E-state index contributed by atoms with van der Waals surface area (Å²) in [6, 6.07) is 0. The molecule has 0 rings (SSSR count). The molecule has 0 aromatic heterocycles. The Bertz CT molecular complexity index is 216. The fraction of sp³-hybridized carbons (Fsp3) is 0.455. The zero-order chi connectivity index (χ0) is 10.3. The van der Waals surface area contributed by atoms with Gasteiger partial charge in [0.15, 0.2) is 0 Å². The van der Waals surface area contributed by atoms with E-state index in [1.807, 2.05) is 6.08 Å². The minimum absolute atomic E-state index is 0.440. The Morgan fingerprint density at radius 3 is 2.69 bits per heavy atom. The van der Waals surface area contributed by atoms with Crippen molar-refractivity contribution in [2.75, 3.05) is 0 Å². The van der Waals surface area contributed by atoms with Gasteiger partial charge in [0.1, 0.15) is 7.28 Å². The molecule has 2 heteroatoms. The lowest BCUT2D eigenvalue weighted by atomic mass is 9.77. The second kappa shape index (κ2) is 7.02. The van der Waals surface area contributed by atoms with Gasteiger partial charge in [-0.1, -0.05) is 56.0 Å². The van der Waals surface area contributed by atoms with Crippen LogP contribution in [0.2, 0.25) is 13.1 Å². The van der Waals surface area contributed by atoms with E-state index >= 15 is 0 Å². The van der Waals surface area contributed by atoms with Crippen LogP contribution in [0.5, 0.6) is 0 Å². The van der Waals surface area contributed by atoms with Crippen molar-refractivity contribution in [1.29, 1.82) is 0 Å². The predicted octanol–water partition coefficient (Wildman–Crippen LogP) is 4.05. The third-order valence-corrected chi connectivity index (χ3v) is 2.09. The lowest BCUT2D eigenvalue weighted by molar-refractivity contribution is 0.859. The van der Waals surface area contributed by atoms with E-state index in [9.17, 15) is 0 Å². The number of rotatable bonds is 5. The molecule has 0 aliphatic carbocycles. The first-order valence-corrected chi connectivity index (χ1v) is 4.92. The van der Waals surface area contributed by atoms with E-state index < -0.39 is 0 Å². The molecule has 0 amide bonds. The van der Waals surface area contributed by atoms with Gasteiger partial charge in [0, 0.05) is 5.03 Å². The first kappa shape index (κ1) is 12.6. The van der Waals surface area contributed by atoms with Gasteiger partial charge in [-0.25, -0.2) is 0 Å². The molecule has 0 aromatic carbocycles. The molecule has 13 heavy (non-hydrogen) atoms. The number of hydrogen-bond acceptors (Lipinski definition) is 0. The van der Waals surface area contributed by atoms with Crippen molar-refractivity contribution in [1.82, 2.24) is 0 Å². The smallest absolute Gasteiger partial charge is 0.0929 e. The molecule has 0 aromatic rings. The average molecular weight is 196 g/mol.